The minimum absolute atomic E-state index is 0.147. The van der Waals surface area contributed by atoms with E-state index in [2.05, 4.69) is 14.7 Å². The molecule has 3 fully saturated rings. The third-order valence-corrected chi connectivity index (χ3v) is 5.89. The number of rotatable bonds is 3. The fraction of sp³-hybridized carbons (Fsp3) is 0.789. The molecule has 3 aliphatic heterocycles. The predicted molar refractivity (Wildman–Crippen MR) is 106 cm³/mol. The Kier molecular flexibility index (Phi) is 5.59. The lowest BCUT2D eigenvalue weighted by atomic mass is 10.1. The van der Waals surface area contributed by atoms with Gasteiger partial charge in [-0.05, 0) is 38.5 Å². The van der Waals surface area contributed by atoms with Crippen molar-refractivity contribution in [2.45, 2.75) is 45.4 Å². The number of piperazine rings is 1. The molecule has 1 aromatic rings. The van der Waals surface area contributed by atoms with Gasteiger partial charge >= 0.3 is 0 Å². The molecule has 0 bridgehead atoms. The molecule has 27 heavy (non-hydrogen) atoms. The SMILES string of the molecule is CC(=O)N1CCN(c2nc(N3CCCCC3)nc(N3CCCCC3)n2)CC1. The van der Waals surface area contributed by atoms with Crippen LogP contribution in [-0.4, -0.2) is 78.1 Å². The van der Waals surface area contributed by atoms with E-state index in [0.717, 1.165) is 70.2 Å². The van der Waals surface area contributed by atoms with Crippen LogP contribution in [0, 0.1) is 0 Å². The maximum Gasteiger partial charge on any atom is 0.232 e. The zero-order valence-corrected chi connectivity index (χ0v) is 16.4. The minimum atomic E-state index is 0.147. The van der Waals surface area contributed by atoms with Gasteiger partial charge in [0.1, 0.15) is 0 Å². The Morgan fingerprint density at radius 1 is 0.593 bits per heavy atom. The van der Waals surface area contributed by atoms with Crippen molar-refractivity contribution in [1.29, 1.82) is 0 Å². The zero-order chi connectivity index (χ0) is 18.6. The first-order chi connectivity index (χ1) is 13.2. The molecule has 148 valence electrons. The lowest BCUT2D eigenvalue weighted by Gasteiger charge is -2.35. The number of hydrogen-bond donors (Lipinski definition) is 0. The number of hydrogen-bond acceptors (Lipinski definition) is 7. The highest BCUT2D eigenvalue weighted by molar-refractivity contribution is 5.73. The van der Waals surface area contributed by atoms with E-state index < -0.39 is 0 Å². The Morgan fingerprint density at radius 3 is 1.33 bits per heavy atom. The van der Waals surface area contributed by atoms with Crippen LogP contribution in [0.2, 0.25) is 0 Å². The predicted octanol–water partition coefficient (Wildman–Crippen LogP) is 1.52. The van der Waals surface area contributed by atoms with E-state index in [1.54, 1.807) is 6.92 Å². The van der Waals surface area contributed by atoms with Crippen molar-refractivity contribution < 1.29 is 4.79 Å². The average molecular weight is 374 g/mol. The lowest BCUT2D eigenvalue weighted by molar-refractivity contribution is -0.129. The third kappa shape index (κ3) is 4.25. The Labute approximate surface area is 161 Å². The molecule has 0 radical (unpaired) electrons. The average Bonchev–Trinajstić information content (AvgIpc) is 2.75. The number of piperidine rings is 2. The molecule has 3 aliphatic rings. The summed E-state index contributed by atoms with van der Waals surface area (Å²) in [5.74, 6) is 2.58. The third-order valence-electron chi connectivity index (χ3n) is 5.89. The van der Waals surface area contributed by atoms with Crippen LogP contribution < -0.4 is 14.7 Å². The highest BCUT2D eigenvalue weighted by atomic mass is 16.2. The van der Waals surface area contributed by atoms with Gasteiger partial charge in [0.2, 0.25) is 23.8 Å². The van der Waals surface area contributed by atoms with Gasteiger partial charge in [-0.1, -0.05) is 0 Å². The molecule has 3 saturated heterocycles. The molecule has 1 aromatic heterocycles. The smallest absolute Gasteiger partial charge is 0.232 e. The summed E-state index contributed by atoms with van der Waals surface area (Å²) in [6.07, 6.45) is 7.41. The number of anilines is 3. The molecule has 0 atom stereocenters. The molecular formula is C19H31N7O. The standard InChI is InChI=1S/C19H31N7O/c1-16(27)23-12-14-26(15-13-23)19-21-17(24-8-4-2-5-9-24)20-18(22-19)25-10-6-3-7-11-25/h2-15H2,1H3. The van der Waals surface area contributed by atoms with Crippen molar-refractivity contribution >= 4 is 23.8 Å². The van der Waals surface area contributed by atoms with E-state index in [0.29, 0.717) is 0 Å². The largest absolute Gasteiger partial charge is 0.341 e. The molecule has 4 rings (SSSR count). The van der Waals surface area contributed by atoms with Crippen LogP contribution in [0.5, 0.6) is 0 Å². The Morgan fingerprint density at radius 2 is 0.963 bits per heavy atom. The van der Waals surface area contributed by atoms with Crippen LogP contribution in [-0.2, 0) is 4.79 Å². The van der Waals surface area contributed by atoms with Crippen LogP contribution in [0.3, 0.4) is 0 Å². The fourth-order valence-corrected chi connectivity index (χ4v) is 4.18. The van der Waals surface area contributed by atoms with Gasteiger partial charge in [0.15, 0.2) is 0 Å². The van der Waals surface area contributed by atoms with Crippen molar-refractivity contribution in [2.24, 2.45) is 0 Å². The van der Waals surface area contributed by atoms with Gasteiger partial charge < -0.3 is 19.6 Å². The van der Waals surface area contributed by atoms with E-state index in [4.69, 9.17) is 15.0 Å². The summed E-state index contributed by atoms with van der Waals surface area (Å²) in [5.41, 5.74) is 0. The number of aromatic nitrogens is 3. The topological polar surface area (TPSA) is 68.7 Å². The summed E-state index contributed by atoms with van der Waals surface area (Å²) in [5, 5.41) is 0. The fourth-order valence-electron chi connectivity index (χ4n) is 4.18. The maximum absolute atomic E-state index is 11.6. The van der Waals surface area contributed by atoms with Gasteiger partial charge in [-0.2, -0.15) is 15.0 Å². The Hall–Kier alpha value is -2.12. The normalized spacial score (nSPS) is 21.5. The lowest BCUT2D eigenvalue weighted by Crippen LogP contribution is -2.49. The molecule has 0 unspecified atom stereocenters. The maximum atomic E-state index is 11.6. The van der Waals surface area contributed by atoms with Gasteiger partial charge in [0, 0.05) is 59.3 Å². The molecular weight excluding hydrogens is 342 g/mol. The number of carbonyl (C=O) groups is 1. The Balaban J connectivity index is 1.58. The number of carbonyl (C=O) groups excluding carboxylic acids is 1. The first-order valence-corrected chi connectivity index (χ1v) is 10.5. The molecule has 0 N–H and O–H groups in total. The molecule has 1 amide bonds. The molecule has 8 nitrogen and oxygen atoms in total. The van der Waals surface area contributed by atoms with Crippen molar-refractivity contribution in [3.05, 3.63) is 0 Å². The van der Waals surface area contributed by atoms with Crippen LogP contribution >= 0.6 is 0 Å². The van der Waals surface area contributed by atoms with Gasteiger partial charge in [-0.25, -0.2) is 0 Å². The Bertz CT molecular complexity index is 611. The quantitative estimate of drug-likeness (QED) is 0.796. The number of nitrogens with zero attached hydrogens (tertiary/aromatic N) is 7. The second kappa shape index (κ2) is 8.27. The summed E-state index contributed by atoms with van der Waals surface area (Å²) < 4.78 is 0. The van der Waals surface area contributed by atoms with Crippen molar-refractivity contribution in [1.82, 2.24) is 19.9 Å². The van der Waals surface area contributed by atoms with Gasteiger partial charge in [-0.3, -0.25) is 4.79 Å². The first-order valence-electron chi connectivity index (χ1n) is 10.5. The first kappa shape index (κ1) is 18.3. The van der Waals surface area contributed by atoms with Crippen LogP contribution in [0.15, 0.2) is 0 Å². The van der Waals surface area contributed by atoms with Crippen LogP contribution in [0.1, 0.15) is 45.4 Å². The summed E-state index contributed by atoms with van der Waals surface area (Å²) in [4.78, 5) is 34.9. The van der Waals surface area contributed by atoms with Gasteiger partial charge in [0.05, 0.1) is 0 Å². The monoisotopic (exact) mass is 373 g/mol. The molecule has 0 aromatic carbocycles. The minimum Gasteiger partial charge on any atom is -0.341 e. The molecule has 0 aliphatic carbocycles. The summed E-state index contributed by atoms with van der Waals surface area (Å²) in [7, 11) is 0. The second-order valence-corrected chi connectivity index (χ2v) is 7.82. The van der Waals surface area contributed by atoms with E-state index in [1.807, 2.05) is 4.90 Å². The van der Waals surface area contributed by atoms with E-state index in [9.17, 15) is 4.79 Å². The number of amides is 1. The van der Waals surface area contributed by atoms with Crippen molar-refractivity contribution in [3.8, 4) is 0 Å². The summed E-state index contributed by atoms with van der Waals surface area (Å²) in [6.45, 7) is 8.79. The second-order valence-electron chi connectivity index (χ2n) is 7.82. The van der Waals surface area contributed by atoms with Crippen LogP contribution in [0.25, 0.3) is 0 Å². The molecule has 0 spiro atoms. The molecule has 0 saturated carbocycles. The van der Waals surface area contributed by atoms with Crippen molar-refractivity contribution in [2.75, 3.05) is 67.1 Å². The van der Waals surface area contributed by atoms with E-state index in [1.165, 1.54) is 38.5 Å². The van der Waals surface area contributed by atoms with Gasteiger partial charge in [0.25, 0.3) is 0 Å². The highest BCUT2D eigenvalue weighted by Gasteiger charge is 2.25. The van der Waals surface area contributed by atoms with Crippen LogP contribution in [0.4, 0.5) is 17.8 Å². The summed E-state index contributed by atoms with van der Waals surface area (Å²) in [6, 6.07) is 0. The van der Waals surface area contributed by atoms with E-state index >= 15 is 0 Å². The molecule has 4 heterocycles. The zero-order valence-electron chi connectivity index (χ0n) is 16.4. The van der Waals surface area contributed by atoms with E-state index in [-0.39, 0.29) is 5.91 Å². The summed E-state index contributed by atoms with van der Waals surface area (Å²) >= 11 is 0. The van der Waals surface area contributed by atoms with Crippen molar-refractivity contribution in [3.63, 3.8) is 0 Å². The highest BCUT2D eigenvalue weighted by Crippen LogP contribution is 2.24. The molecule has 8 heteroatoms. The van der Waals surface area contributed by atoms with Gasteiger partial charge in [-0.15, -0.1) is 0 Å².